The van der Waals surface area contributed by atoms with Gasteiger partial charge in [0.25, 0.3) is 5.56 Å². The van der Waals surface area contributed by atoms with Crippen LogP contribution >= 0.6 is 11.6 Å². The molecule has 6 nitrogen and oxygen atoms in total. The second-order valence-electron chi connectivity index (χ2n) is 4.97. The van der Waals surface area contributed by atoms with Gasteiger partial charge in [-0.05, 0) is 26.0 Å². The van der Waals surface area contributed by atoms with Crippen molar-refractivity contribution in [2.45, 2.75) is 13.8 Å². The third-order valence-electron chi connectivity index (χ3n) is 3.49. The molecule has 0 amide bonds. The molecule has 22 heavy (non-hydrogen) atoms. The van der Waals surface area contributed by atoms with E-state index < -0.39 is 0 Å². The van der Waals surface area contributed by atoms with E-state index in [1.807, 2.05) is 24.5 Å². The summed E-state index contributed by atoms with van der Waals surface area (Å²) < 4.78 is 3.19. The monoisotopic (exact) mass is 315 g/mol. The third-order valence-corrected chi connectivity index (χ3v) is 3.69. The molecular weight excluding hydrogens is 302 g/mol. The Labute approximate surface area is 132 Å². The van der Waals surface area contributed by atoms with Crippen molar-refractivity contribution in [2.24, 2.45) is 7.05 Å². The highest BCUT2D eigenvalue weighted by Crippen LogP contribution is 2.26. The van der Waals surface area contributed by atoms with Gasteiger partial charge in [-0.15, -0.1) is 0 Å². The quantitative estimate of drug-likeness (QED) is 0.681. The van der Waals surface area contributed by atoms with Crippen LogP contribution in [0, 0.1) is 13.8 Å². The average molecular weight is 316 g/mol. The summed E-state index contributed by atoms with van der Waals surface area (Å²) in [5.74, 6) is 0.774. The zero-order valence-electron chi connectivity index (χ0n) is 12.4. The van der Waals surface area contributed by atoms with Crippen molar-refractivity contribution < 1.29 is 0 Å². The predicted octanol–water partition coefficient (Wildman–Crippen LogP) is 2.30. The molecule has 0 radical (unpaired) electrons. The molecule has 0 spiro atoms. The van der Waals surface area contributed by atoms with E-state index in [2.05, 4.69) is 15.1 Å². The highest BCUT2D eigenvalue weighted by atomic mass is 35.5. The van der Waals surface area contributed by atoms with Crippen LogP contribution < -0.4 is 5.56 Å². The smallest absolute Gasteiger partial charge is 0.268 e. The average Bonchev–Trinajstić information content (AvgIpc) is 2.77. The molecule has 3 aromatic rings. The van der Waals surface area contributed by atoms with Gasteiger partial charge in [-0.1, -0.05) is 11.6 Å². The second-order valence-corrected chi connectivity index (χ2v) is 5.36. The molecule has 0 fully saturated rings. The summed E-state index contributed by atoms with van der Waals surface area (Å²) in [5.41, 5.74) is 3.13. The molecule has 3 heterocycles. The highest BCUT2D eigenvalue weighted by molar-refractivity contribution is 6.29. The molecule has 7 heteroatoms. The molecule has 0 bridgehead atoms. The van der Waals surface area contributed by atoms with E-state index in [1.165, 1.54) is 10.7 Å². The van der Waals surface area contributed by atoms with Crippen LogP contribution in [0.25, 0.3) is 16.9 Å². The van der Waals surface area contributed by atoms with E-state index in [0.717, 1.165) is 22.8 Å². The number of hydrogen-bond acceptors (Lipinski definition) is 4. The summed E-state index contributed by atoms with van der Waals surface area (Å²) in [7, 11) is 1.62. The number of rotatable bonds is 2. The van der Waals surface area contributed by atoms with Gasteiger partial charge in [-0.3, -0.25) is 9.36 Å². The minimum Gasteiger partial charge on any atom is -0.299 e. The summed E-state index contributed by atoms with van der Waals surface area (Å²) in [4.78, 5) is 20.4. The van der Waals surface area contributed by atoms with E-state index in [1.54, 1.807) is 25.5 Å². The lowest BCUT2D eigenvalue weighted by molar-refractivity contribution is 0.700. The number of imidazole rings is 1. The van der Waals surface area contributed by atoms with Gasteiger partial charge in [-0.2, -0.15) is 5.10 Å². The number of nitrogens with zero attached hydrogens (tertiary/aromatic N) is 5. The van der Waals surface area contributed by atoms with E-state index in [-0.39, 0.29) is 5.56 Å². The molecular formula is C15H14ClN5O. The molecule has 3 aromatic heterocycles. The fourth-order valence-electron chi connectivity index (χ4n) is 2.43. The maximum Gasteiger partial charge on any atom is 0.268 e. The van der Waals surface area contributed by atoms with E-state index >= 15 is 0 Å². The van der Waals surface area contributed by atoms with Crippen molar-refractivity contribution in [1.29, 1.82) is 0 Å². The first-order valence-electron chi connectivity index (χ1n) is 6.69. The molecule has 0 saturated heterocycles. The Morgan fingerprint density at radius 2 is 2.00 bits per heavy atom. The standard InChI is InChI=1S/C15H14ClN5O/c1-9-15(11-4-5-17-13(16)6-11)19-10(2)21(9)12-7-14(22)20(3)18-8-12/h4-8H,1-3H3. The Bertz CT molecular complexity index is 913. The van der Waals surface area contributed by atoms with Crippen LogP contribution in [0.15, 0.2) is 35.4 Å². The van der Waals surface area contributed by atoms with Crippen molar-refractivity contribution in [3.8, 4) is 16.9 Å². The maximum atomic E-state index is 11.8. The van der Waals surface area contributed by atoms with Crippen molar-refractivity contribution >= 4 is 11.6 Å². The van der Waals surface area contributed by atoms with Gasteiger partial charge in [-0.25, -0.2) is 14.6 Å². The van der Waals surface area contributed by atoms with Gasteiger partial charge in [0.1, 0.15) is 11.0 Å². The Kier molecular flexibility index (Phi) is 3.54. The first-order valence-corrected chi connectivity index (χ1v) is 7.07. The summed E-state index contributed by atoms with van der Waals surface area (Å²) in [6.45, 7) is 3.83. The van der Waals surface area contributed by atoms with Crippen LogP contribution in [0.2, 0.25) is 5.15 Å². The Morgan fingerprint density at radius 1 is 1.23 bits per heavy atom. The van der Waals surface area contributed by atoms with Gasteiger partial charge in [0.05, 0.1) is 17.6 Å². The Balaban J connectivity index is 2.18. The predicted molar refractivity (Wildman–Crippen MR) is 84.3 cm³/mol. The fourth-order valence-corrected chi connectivity index (χ4v) is 2.60. The number of hydrogen-bond donors (Lipinski definition) is 0. The number of pyridine rings is 1. The lowest BCUT2D eigenvalue weighted by Crippen LogP contribution is -2.19. The minimum absolute atomic E-state index is 0.168. The van der Waals surface area contributed by atoms with Crippen LogP contribution in [0.1, 0.15) is 11.5 Å². The van der Waals surface area contributed by atoms with E-state index in [4.69, 9.17) is 11.6 Å². The van der Waals surface area contributed by atoms with Crippen LogP contribution in [0.5, 0.6) is 0 Å². The van der Waals surface area contributed by atoms with Crippen LogP contribution in [-0.4, -0.2) is 24.3 Å². The molecule has 0 atom stereocenters. The number of aromatic nitrogens is 5. The highest BCUT2D eigenvalue weighted by Gasteiger charge is 2.15. The summed E-state index contributed by atoms with van der Waals surface area (Å²) in [6, 6.07) is 5.16. The summed E-state index contributed by atoms with van der Waals surface area (Å²) in [5, 5.41) is 4.47. The van der Waals surface area contributed by atoms with Crippen molar-refractivity contribution in [1.82, 2.24) is 24.3 Å². The van der Waals surface area contributed by atoms with E-state index in [9.17, 15) is 4.79 Å². The van der Waals surface area contributed by atoms with E-state index in [0.29, 0.717) is 10.8 Å². The molecule has 0 aromatic carbocycles. The molecule has 0 N–H and O–H groups in total. The lowest BCUT2D eigenvalue weighted by atomic mass is 10.1. The van der Waals surface area contributed by atoms with Crippen LogP contribution in [-0.2, 0) is 7.05 Å². The van der Waals surface area contributed by atoms with Gasteiger partial charge >= 0.3 is 0 Å². The normalized spacial score (nSPS) is 10.9. The molecule has 0 unspecified atom stereocenters. The number of halogens is 1. The lowest BCUT2D eigenvalue weighted by Gasteiger charge is -2.08. The zero-order valence-corrected chi connectivity index (χ0v) is 13.2. The van der Waals surface area contributed by atoms with Gasteiger partial charge in [0.2, 0.25) is 0 Å². The summed E-state index contributed by atoms with van der Waals surface area (Å²) in [6.07, 6.45) is 3.29. The fraction of sp³-hybridized carbons (Fsp3) is 0.200. The second kappa shape index (κ2) is 5.38. The third kappa shape index (κ3) is 2.42. The van der Waals surface area contributed by atoms with Gasteiger partial charge in [0, 0.05) is 30.6 Å². The SMILES string of the molecule is Cc1nc(-c2ccnc(Cl)c2)c(C)n1-c1cnn(C)c(=O)c1. The first-order chi connectivity index (χ1) is 10.5. The van der Waals surface area contributed by atoms with Crippen LogP contribution in [0.4, 0.5) is 0 Å². The first kappa shape index (κ1) is 14.5. The molecule has 0 saturated carbocycles. The Morgan fingerprint density at radius 3 is 2.68 bits per heavy atom. The molecule has 0 aliphatic rings. The molecule has 3 rings (SSSR count). The van der Waals surface area contributed by atoms with Crippen molar-refractivity contribution in [3.05, 3.63) is 57.6 Å². The summed E-state index contributed by atoms with van der Waals surface area (Å²) >= 11 is 5.95. The van der Waals surface area contributed by atoms with Crippen molar-refractivity contribution in [3.63, 3.8) is 0 Å². The minimum atomic E-state index is -0.168. The maximum absolute atomic E-state index is 11.8. The van der Waals surface area contributed by atoms with Gasteiger partial charge in [0.15, 0.2) is 0 Å². The van der Waals surface area contributed by atoms with Gasteiger partial charge < -0.3 is 0 Å². The topological polar surface area (TPSA) is 65.6 Å². The molecule has 112 valence electrons. The number of aryl methyl sites for hydroxylation is 2. The van der Waals surface area contributed by atoms with Crippen LogP contribution in [0.3, 0.4) is 0 Å². The molecule has 0 aliphatic heterocycles. The Hall–Kier alpha value is -2.47. The molecule has 0 aliphatic carbocycles. The largest absolute Gasteiger partial charge is 0.299 e. The van der Waals surface area contributed by atoms with Crippen molar-refractivity contribution in [2.75, 3.05) is 0 Å². The zero-order chi connectivity index (χ0) is 15.9.